The highest BCUT2D eigenvalue weighted by atomic mass is 35.5. The van der Waals surface area contributed by atoms with Crippen molar-refractivity contribution >= 4 is 46.6 Å². The number of anilines is 2. The summed E-state index contributed by atoms with van der Waals surface area (Å²) in [7, 11) is 1.24. The van der Waals surface area contributed by atoms with Crippen LogP contribution in [0.25, 0.3) is 0 Å². The van der Waals surface area contributed by atoms with Crippen LogP contribution in [0.1, 0.15) is 5.56 Å². The normalized spacial score (nSPS) is 11.3. The molecule has 2 N–H and O–H groups in total. The second-order valence-electron chi connectivity index (χ2n) is 6.57. The first kappa shape index (κ1) is 23.4. The molecule has 8 heteroatoms. The first-order valence-electron chi connectivity index (χ1n) is 9.61. The van der Waals surface area contributed by atoms with Crippen molar-refractivity contribution in [3.8, 4) is 0 Å². The second kappa shape index (κ2) is 11.4. The van der Waals surface area contributed by atoms with E-state index in [4.69, 9.17) is 26.9 Å². The van der Waals surface area contributed by atoms with E-state index in [0.29, 0.717) is 21.3 Å². The van der Waals surface area contributed by atoms with Crippen LogP contribution in [0.15, 0.2) is 88.7 Å². The SMILES string of the molecule is COC(=O)C(C(=C=O)Sc1ccccc1N)N(OCc1ccccc1)c1ccccc1Cl. The largest absolute Gasteiger partial charge is 0.467 e. The third-order valence-electron chi connectivity index (χ3n) is 4.45. The van der Waals surface area contributed by atoms with Gasteiger partial charge in [-0.25, -0.2) is 14.7 Å². The van der Waals surface area contributed by atoms with Crippen LogP contribution >= 0.6 is 23.4 Å². The van der Waals surface area contributed by atoms with Gasteiger partial charge in [0.15, 0.2) is 6.04 Å². The predicted molar refractivity (Wildman–Crippen MR) is 127 cm³/mol. The number of carbonyl (C=O) groups excluding carboxylic acids is 2. The van der Waals surface area contributed by atoms with Crippen LogP contribution in [0, 0.1) is 0 Å². The molecule has 6 nitrogen and oxygen atoms in total. The number of ether oxygens (including phenoxy) is 1. The predicted octanol–water partition coefficient (Wildman–Crippen LogP) is 4.91. The highest BCUT2D eigenvalue weighted by molar-refractivity contribution is 8.03. The summed E-state index contributed by atoms with van der Waals surface area (Å²) in [5.41, 5.74) is 7.76. The molecule has 0 aliphatic rings. The maximum absolute atomic E-state index is 12.9. The summed E-state index contributed by atoms with van der Waals surface area (Å²) in [6.45, 7) is 0.129. The van der Waals surface area contributed by atoms with Crippen LogP contribution in [-0.4, -0.2) is 25.1 Å². The Morgan fingerprint density at radius 3 is 2.38 bits per heavy atom. The van der Waals surface area contributed by atoms with E-state index < -0.39 is 12.0 Å². The van der Waals surface area contributed by atoms with Crippen LogP contribution in [-0.2, 0) is 25.8 Å². The van der Waals surface area contributed by atoms with E-state index in [-0.39, 0.29) is 11.5 Å². The Labute approximate surface area is 195 Å². The Bertz CT molecular complexity index is 1120. The minimum absolute atomic E-state index is 0.0164. The van der Waals surface area contributed by atoms with Gasteiger partial charge in [0.2, 0.25) is 0 Å². The molecule has 0 bridgehead atoms. The number of hydrogen-bond acceptors (Lipinski definition) is 7. The molecule has 32 heavy (non-hydrogen) atoms. The molecule has 0 saturated carbocycles. The summed E-state index contributed by atoms with van der Waals surface area (Å²) in [5.74, 6) is 1.16. The zero-order valence-corrected chi connectivity index (χ0v) is 18.8. The number of para-hydroxylation sites is 2. The van der Waals surface area contributed by atoms with Gasteiger partial charge >= 0.3 is 5.97 Å². The van der Waals surface area contributed by atoms with Crippen molar-refractivity contribution in [2.75, 3.05) is 17.9 Å². The Hall–Kier alpha value is -3.22. The minimum atomic E-state index is -1.26. The highest BCUT2D eigenvalue weighted by Gasteiger charge is 2.35. The molecule has 0 aliphatic heterocycles. The Kier molecular flexibility index (Phi) is 8.36. The Balaban J connectivity index is 2.03. The van der Waals surface area contributed by atoms with E-state index in [2.05, 4.69) is 0 Å². The number of benzene rings is 3. The highest BCUT2D eigenvalue weighted by Crippen LogP contribution is 2.37. The van der Waals surface area contributed by atoms with E-state index in [1.54, 1.807) is 48.5 Å². The molecule has 3 rings (SSSR count). The van der Waals surface area contributed by atoms with Crippen LogP contribution < -0.4 is 10.8 Å². The van der Waals surface area contributed by atoms with Crippen molar-refractivity contribution in [1.29, 1.82) is 0 Å². The number of thioether (sulfide) groups is 1. The fourth-order valence-electron chi connectivity index (χ4n) is 2.88. The Morgan fingerprint density at radius 1 is 1.06 bits per heavy atom. The van der Waals surface area contributed by atoms with Crippen LogP contribution in [0.5, 0.6) is 0 Å². The maximum Gasteiger partial charge on any atom is 0.337 e. The number of methoxy groups -OCH3 is 1. The third-order valence-corrected chi connectivity index (χ3v) is 5.89. The van der Waals surface area contributed by atoms with Gasteiger partial charge in [0.05, 0.1) is 24.4 Å². The average molecular weight is 469 g/mol. The van der Waals surface area contributed by atoms with Gasteiger partial charge in [-0.05, 0) is 29.8 Å². The van der Waals surface area contributed by atoms with Gasteiger partial charge in [0, 0.05) is 10.6 Å². The first-order chi connectivity index (χ1) is 15.5. The molecule has 0 heterocycles. The molecule has 0 saturated heterocycles. The first-order valence-corrected chi connectivity index (χ1v) is 10.8. The molecule has 0 radical (unpaired) electrons. The van der Waals surface area contributed by atoms with Gasteiger partial charge in [0.1, 0.15) is 10.8 Å². The molecule has 0 aromatic heterocycles. The molecule has 3 aromatic rings. The molecule has 164 valence electrons. The maximum atomic E-state index is 12.9. The van der Waals surface area contributed by atoms with E-state index in [0.717, 1.165) is 17.3 Å². The molecule has 0 spiro atoms. The number of halogens is 1. The van der Waals surface area contributed by atoms with Gasteiger partial charge in [0.25, 0.3) is 0 Å². The zero-order valence-electron chi connectivity index (χ0n) is 17.2. The number of nitrogens with two attached hydrogens (primary N) is 1. The lowest BCUT2D eigenvalue weighted by Gasteiger charge is -2.31. The molecular formula is C24H21ClN2O4S. The molecule has 0 aliphatic carbocycles. The van der Waals surface area contributed by atoms with E-state index in [9.17, 15) is 9.59 Å². The lowest BCUT2D eigenvalue weighted by Crippen LogP contribution is -2.43. The number of hydroxylamine groups is 1. The van der Waals surface area contributed by atoms with Crippen molar-refractivity contribution in [2.45, 2.75) is 17.5 Å². The van der Waals surface area contributed by atoms with Gasteiger partial charge in [-0.2, -0.15) is 0 Å². The zero-order chi connectivity index (χ0) is 22.9. The van der Waals surface area contributed by atoms with Gasteiger partial charge in [-0.1, -0.05) is 78.0 Å². The summed E-state index contributed by atoms with van der Waals surface area (Å²) < 4.78 is 5.01. The number of carbonyl (C=O) groups is 1. The van der Waals surface area contributed by atoms with Gasteiger partial charge in [-0.15, -0.1) is 0 Å². The van der Waals surface area contributed by atoms with Crippen LogP contribution in [0.2, 0.25) is 5.02 Å². The molecule has 1 unspecified atom stereocenters. The molecule has 3 aromatic carbocycles. The Morgan fingerprint density at radius 2 is 1.72 bits per heavy atom. The third kappa shape index (κ3) is 5.72. The van der Waals surface area contributed by atoms with Crippen LogP contribution in [0.4, 0.5) is 11.4 Å². The number of nitrogens with zero attached hydrogens (tertiary/aromatic N) is 1. The lowest BCUT2D eigenvalue weighted by molar-refractivity contribution is -0.143. The van der Waals surface area contributed by atoms with Crippen molar-refractivity contribution in [1.82, 2.24) is 0 Å². The number of esters is 1. The smallest absolute Gasteiger partial charge is 0.337 e. The van der Waals surface area contributed by atoms with Crippen molar-refractivity contribution in [2.24, 2.45) is 0 Å². The molecule has 0 amide bonds. The number of nitrogen functional groups attached to an aromatic ring is 1. The van der Waals surface area contributed by atoms with Crippen molar-refractivity contribution in [3.63, 3.8) is 0 Å². The van der Waals surface area contributed by atoms with Crippen LogP contribution in [0.3, 0.4) is 0 Å². The monoisotopic (exact) mass is 468 g/mol. The topological polar surface area (TPSA) is 81.9 Å². The standard InChI is InChI=1S/C24H21ClN2O4S/c1-30-24(29)23(22(15-28)32-21-14-8-6-12-19(21)26)27(20-13-7-5-11-18(20)25)31-16-17-9-3-2-4-10-17/h2-14,23H,16,26H2,1H3. The van der Waals surface area contributed by atoms with Crippen molar-refractivity contribution in [3.05, 3.63) is 94.4 Å². The number of hydrogen-bond donors (Lipinski definition) is 1. The van der Waals surface area contributed by atoms with E-state index >= 15 is 0 Å². The van der Waals surface area contributed by atoms with Gasteiger partial charge in [-0.3, -0.25) is 4.84 Å². The van der Waals surface area contributed by atoms with E-state index in [1.807, 2.05) is 36.3 Å². The second-order valence-corrected chi connectivity index (χ2v) is 8.06. The summed E-state index contributed by atoms with van der Waals surface area (Å²) in [6.07, 6.45) is 0. The molecule has 0 fully saturated rings. The fourth-order valence-corrected chi connectivity index (χ4v) is 4.01. The summed E-state index contributed by atoms with van der Waals surface area (Å²) >= 11 is 7.44. The average Bonchev–Trinajstić information content (AvgIpc) is 2.82. The van der Waals surface area contributed by atoms with Gasteiger partial charge < -0.3 is 10.5 Å². The fraction of sp³-hybridized carbons (Fsp3) is 0.125. The quantitative estimate of drug-likeness (QED) is 0.157. The molecule has 1 atom stereocenters. The minimum Gasteiger partial charge on any atom is -0.467 e. The summed E-state index contributed by atoms with van der Waals surface area (Å²) in [4.78, 5) is 31.6. The van der Waals surface area contributed by atoms with Crippen molar-refractivity contribution < 1.29 is 19.2 Å². The molecular weight excluding hydrogens is 448 g/mol. The van der Waals surface area contributed by atoms with E-state index in [1.165, 1.54) is 12.2 Å². The lowest BCUT2D eigenvalue weighted by atomic mass is 10.2. The summed E-state index contributed by atoms with van der Waals surface area (Å²) in [5, 5.41) is 1.62. The number of rotatable bonds is 9. The summed E-state index contributed by atoms with van der Waals surface area (Å²) in [6, 6.07) is 22.0.